The Labute approximate surface area is 199 Å². The number of methoxy groups -OCH3 is 1. The molecule has 8 nitrogen and oxygen atoms in total. The van der Waals surface area contributed by atoms with Gasteiger partial charge in [0.15, 0.2) is 11.6 Å². The van der Waals surface area contributed by atoms with E-state index in [1.807, 2.05) is 18.2 Å². The van der Waals surface area contributed by atoms with E-state index in [1.54, 1.807) is 18.3 Å². The molecular weight excluding hydrogens is 449 g/mol. The fourth-order valence-electron chi connectivity index (χ4n) is 4.86. The Morgan fingerprint density at radius 1 is 1.17 bits per heavy atom. The Kier molecular flexibility index (Phi) is 4.30. The van der Waals surface area contributed by atoms with Crippen molar-refractivity contribution >= 4 is 28.3 Å². The number of H-pyrrole nitrogens is 1. The van der Waals surface area contributed by atoms with Crippen molar-refractivity contribution in [3.63, 3.8) is 0 Å². The molecule has 0 unspecified atom stereocenters. The number of para-hydroxylation sites is 1. The number of halogens is 1. The molecule has 4 heterocycles. The minimum absolute atomic E-state index is 0.0757. The van der Waals surface area contributed by atoms with Crippen molar-refractivity contribution in [3.8, 4) is 22.9 Å². The highest BCUT2D eigenvalue weighted by Crippen LogP contribution is 2.50. The van der Waals surface area contributed by atoms with Crippen molar-refractivity contribution in [2.75, 3.05) is 12.4 Å². The molecule has 2 aliphatic carbocycles. The number of hydrogen-bond donors (Lipinski definition) is 3. The fourth-order valence-corrected chi connectivity index (χ4v) is 4.86. The summed E-state index contributed by atoms with van der Waals surface area (Å²) in [5.41, 5.74) is 5.20. The molecule has 3 N–H and O–H groups in total. The van der Waals surface area contributed by atoms with E-state index < -0.39 is 5.82 Å². The number of nitrogens with one attached hydrogen (secondary N) is 3. The van der Waals surface area contributed by atoms with E-state index >= 15 is 0 Å². The van der Waals surface area contributed by atoms with Gasteiger partial charge in [-0.2, -0.15) is 0 Å². The maximum absolute atomic E-state index is 14.5. The van der Waals surface area contributed by atoms with Gasteiger partial charge in [-0.25, -0.2) is 9.37 Å². The molecule has 9 heteroatoms. The van der Waals surface area contributed by atoms with Crippen LogP contribution < -0.4 is 20.1 Å². The number of aromatic amines is 1. The lowest BCUT2D eigenvalue weighted by Crippen LogP contribution is -2.31. The Balaban J connectivity index is 1.43. The average molecular weight is 471 g/mol. The van der Waals surface area contributed by atoms with Gasteiger partial charge >= 0.3 is 0 Å². The largest absolute Gasteiger partial charge is 0.492 e. The number of aromatic nitrogens is 3. The summed E-state index contributed by atoms with van der Waals surface area (Å²) in [6, 6.07) is 10.4. The summed E-state index contributed by atoms with van der Waals surface area (Å²) in [4.78, 5) is 25.9. The molecule has 3 aliphatic rings. The lowest BCUT2D eigenvalue weighted by Gasteiger charge is -2.16. The second kappa shape index (κ2) is 7.43. The van der Waals surface area contributed by atoms with Gasteiger partial charge in [-0.05, 0) is 43.5 Å². The van der Waals surface area contributed by atoms with Crippen LogP contribution in [0.4, 0.5) is 15.8 Å². The zero-order chi connectivity index (χ0) is 23.7. The van der Waals surface area contributed by atoms with Crippen molar-refractivity contribution in [2.24, 2.45) is 0 Å². The van der Waals surface area contributed by atoms with Crippen LogP contribution in [0.3, 0.4) is 0 Å². The molecule has 2 fully saturated rings. The molecule has 0 saturated heterocycles. The molecule has 0 bridgehead atoms. The van der Waals surface area contributed by atoms with Crippen LogP contribution in [0.15, 0.2) is 42.6 Å². The third kappa shape index (κ3) is 3.30. The number of ether oxygens (including phenoxy) is 2. The number of rotatable bonds is 6. The molecule has 176 valence electrons. The van der Waals surface area contributed by atoms with Crippen molar-refractivity contribution in [1.29, 1.82) is 0 Å². The Morgan fingerprint density at radius 2 is 2.06 bits per heavy atom. The molecule has 7 rings (SSSR count). The van der Waals surface area contributed by atoms with Gasteiger partial charge in [0.25, 0.3) is 5.91 Å². The summed E-state index contributed by atoms with van der Waals surface area (Å²) in [5.74, 6) is 0.191. The number of carbonyl (C=O) groups is 1. The van der Waals surface area contributed by atoms with Gasteiger partial charge in [0.2, 0.25) is 5.88 Å². The number of hydrogen-bond acceptors (Lipinski definition) is 6. The van der Waals surface area contributed by atoms with Crippen LogP contribution in [0.25, 0.3) is 22.3 Å². The minimum Gasteiger partial charge on any atom is -0.492 e. The number of pyridine rings is 2. The summed E-state index contributed by atoms with van der Waals surface area (Å²) >= 11 is 0. The molecule has 1 aliphatic heterocycles. The molecule has 0 spiro atoms. The molecule has 3 aromatic heterocycles. The number of carbonyl (C=O) groups excluding carboxylic acids is 1. The lowest BCUT2D eigenvalue weighted by atomic mass is 10.0. The van der Waals surface area contributed by atoms with Crippen molar-refractivity contribution in [1.82, 2.24) is 20.3 Å². The summed E-state index contributed by atoms with van der Waals surface area (Å²) in [5, 5.41) is 6.36. The van der Waals surface area contributed by atoms with Gasteiger partial charge in [0.05, 0.1) is 35.3 Å². The number of anilines is 2. The first-order chi connectivity index (χ1) is 17.1. The fraction of sp³-hybridized carbons (Fsp3) is 0.269. The molecule has 1 amide bonds. The predicted molar refractivity (Wildman–Crippen MR) is 128 cm³/mol. The van der Waals surface area contributed by atoms with Crippen LogP contribution in [-0.4, -0.2) is 40.1 Å². The topological polar surface area (TPSA) is 101 Å². The van der Waals surface area contributed by atoms with Crippen molar-refractivity contribution < 1.29 is 18.7 Å². The predicted octanol–water partition coefficient (Wildman–Crippen LogP) is 4.66. The van der Waals surface area contributed by atoms with Crippen LogP contribution in [0.5, 0.6) is 11.6 Å². The average Bonchev–Trinajstić information content (AvgIpc) is 3.78. The van der Waals surface area contributed by atoms with Gasteiger partial charge in [-0.3, -0.25) is 9.78 Å². The Morgan fingerprint density at radius 3 is 2.89 bits per heavy atom. The van der Waals surface area contributed by atoms with Crippen molar-refractivity contribution in [3.05, 3.63) is 59.7 Å². The summed E-state index contributed by atoms with van der Waals surface area (Å²) in [6.07, 6.45) is 4.88. The number of nitrogens with zero attached hydrogens (tertiary/aromatic N) is 2. The highest BCUT2D eigenvalue weighted by molar-refractivity contribution is 6.09. The molecule has 0 radical (unpaired) electrons. The van der Waals surface area contributed by atoms with E-state index in [1.165, 1.54) is 13.2 Å². The van der Waals surface area contributed by atoms with Gasteiger partial charge in [0, 0.05) is 35.5 Å². The number of fused-ring (bicyclic) bond motifs is 4. The van der Waals surface area contributed by atoms with Gasteiger partial charge in [0.1, 0.15) is 11.6 Å². The summed E-state index contributed by atoms with van der Waals surface area (Å²) < 4.78 is 25.7. The van der Waals surface area contributed by atoms with Crippen LogP contribution in [0.2, 0.25) is 0 Å². The van der Waals surface area contributed by atoms with E-state index in [9.17, 15) is 9.18 Å². The first kappa shape index (κ1) is 20.3. The second-order valence-electron chi connectivity index (χ2n) is 9.22. The SMILES string of the molecule is COc1c(F)cccc1Nc1c(-c2ccnc3ccc(OC4CC4)nc23)[nH]c2c1C(=O)N[C@H]1C[C@@H]21. The molecule has 2 saturated carbocycles. The van der Waals surface area contributed by atoms with E-state index in [0.717, 1.165) is 30.5 Å². The lowest BCUT2D eigenvalue weighted by molar-refractivity contribution is 0.0944. The maximum Gasteiger partial charge on any atom is 0.255 e. The van der Waals surface area contributed by atoms with E-state index in [4.69, 9.17) is 14.5 Å². The van der Waals surface area contributed by atoms with Gasteiger partial charge in [-0.15, -0.1) is 0 Å². The first-order valence-electron chi connectivity index (χ1n) is 11.7. The molecule has 35 heavy (non-hydrogen) atoms. The van der Waals surface area contributed by atoms with Crippen molar-refractivity contribution in [2.45, 2.75) is 37.3 Å². The highest BCUT2D eigenvalue weighted by Gasteiger charge is 2.48. The first-order valence-corrected chi connectivity index (χ1v) is 11.7. The standard InChI is InChI=1S/C26H22FN5O3/c1-34-25-15(27)3-2-4-17(25)29-24-20-22(14-11-18(14)30-26(20)33)32-23(24)13-9-10-28-16-7-8-19(31-21(13)16)35-12-5-6-12/h2-4,7-10,12,14,18,29,32H,5-6,11H2,1H3,(H,30,33)/t14-,18+/m1/s1. The second-order valence-corrected chi connectivity index (χ2v) is 9.22. The van der Waals surface area contributed by atoms with Crippen LogP contribution in [0, 0.1) is 5.82 Å². The quantitative estimate of drug-likeness (QED) is 0.378. The van der Waals surface area contributed by atoms with Crippen LogP contribution >= 0.6 is 0 Å². The summed E-state index contributed by atoms with van der Waals surface area (Å²) in [7, 11) is 1.42. The Hall–Kier alpha value is -4.14. The zero-order valence-corrected chi connectivity index (χ0v) is 18.9. The van der Waals surface area contributed by atoms with Crippen LogP contribution in [0.1, 0.15) is 41.2 Å². The van der Waals surface area contributed by atoms with E-state index in [2.05, 4.69) is 20.6 Å². The molecule has 1 aromatic carbocycles. The Bertz CT molecular complexity index is 1510. The number of amides is 1. The van der Waals surface area contributed by atoms with Gasteiger partial charge < -0.3 is 25.1 Å². The third-order valence-corrected chi connectivity index (χ3v) is 6.80. The maximum atomic E-state index is 14.5. The van der Waals surface area contributed by atoms with E-state index in [-0.39, 0.29) is 29.7 Å². The minimum atomic E-state index is -0.493. The van der Waals surface area contributed by atoms with Gasteiger partial charge in [-0.1, -0.05) is 6.07 Å². The zero-order valence-electron chi connectivity index (χ0n) is 18.9. The smallest absolute Gasteiger partial charge is 0.255 e. The molecule has 4 aromatic rings. The van der Waals surface area contributed by atoms with E-state index in [0.29, 0.717) is 39.5 Å². The number of benzene rings is 1. The highest BCUT2D eigenvalue weighted by atomic mass is 19.1. The molecular formula is C26H22FN5O3. The van der Waals surface area contributed by atoms with Crippen LogP contribution in [-0.2, 0) is 0 Å². The molecule has 2 atom stereocenters. The normalized spacial score (nSPS) is 20.1. The third-order valence-electron chi connectivity index (χ3n) is 6.80. The monoisotopic (exact) mass is 471 g/mol. The summed E-state index contributed by atoms with van der Waals surface area (Å²) in [6.45, 7) is 0.